The van der Waals surface area contributed by atoms with E-state index in [9.17, 15) is 4.79 Å². The Morgan fingerprint density at radius 3 is 2.48 bits per heavy atom. The molecular weight excluding hydrogens is 268 g/mol. The third kappa shape index (κ3) is 6.06. The molecule has 118 valence electrons. The minimum atomic E-state index is -0.310. The van der Waals surface area contributed by atoms with Gasteiger partial charge in [-0.25, -0.2) is 4.79 Å². The summed E-state index contributed by atoms with van der Waals surface area (Å²) in [6.07, 6.45) is 5.25. The number of hydrogen-bond acceptors (Lipinski definition) is 4. The maximum absolute atomic E-state index is 12.0. The van der Waals surface area contributed by atoms with Crippen LogP contribution in [-0.2, 0) is 4.74 Å². The average molecular weight is 294 g/mol. The number of methoxy groups -OCH3 is 1. The van der Waals surface area contributed by atoms with Crippen LogP contribution in [-0.4, -0.2) is 26.3 Å². The second-order valence-corrected chi connectivity index (χ2v) is 4.91. The lowest BCUT2D eigenvalue weighted by atomic mass is 10.2. The lowest BCUT2D eigenvalue weighted by molar-refractivity contribution is 0.0497. The molecule has 0 aliphatic heterocycles. The molecule has 0 N–H and O–H groups in total. The van der Waals surface area contributed by atoms with Crippen LogP contribution in [0.25, 0.3) is 0 Å². The van der Waals surface area contributed by atoms with Gasteiger partial charge in [0.05, 0.1) is 25.9 Å². The molecule has 0 radical (unpaired) electrons. The summed E-state index contributed by atoms with van der Waals surface area (Å²) in [5.41, 5.74) is 0.498. The van der Waals surface area contributed by atoms with Gasteiger partial charge in [-0.2, -0.15) is 0 Å². The Balaban J connectivity index is 2.58. The lowest BCUT2D eigenvalue weighted by Crippen LogP contribution is -2.07. The number of rotatable bonds is 10. The van der Waals surface area contributed by atoms with Crippen molar-refractivity contribution in [2.45, 2.75) is 46.0 Å². The van der Waals surface area contributed by atoms with Crippen molar-refractivity contribution in [2.75, 3.05) is 20.3 Å². The van der Waals surface area contributed by atoms with Gasteiger partial charge < -0.3 is 14.2 Å². The van der Waals surface area contributed by atoms with Gasteiger partial charge in [0, 0.05) is 0 Å². The minimum Gasteiger partial charge on any atom is -0.493 e. The van der Waals surface area contributed by atoms with E-state index in [4.69, 9.17) is 14.2 Å². The summed E-state index contributed by atoms with van der Waals surface area (Å²) >= 11 is 0. The van der Waals surface area contributed by atoms with Crippen molar-refractivity contribution in [1.82, 2.24) is 0 Å². The highest BCUT2D eigenvalue weighted by Gasteiger charge is 2.12. The molecule has 0 unspecified atom stereocenters. The number of benzene rings is 1. The zero-order valence-electron chi connectivity index (χ0n) is 13.3. The Hall–Kier alpha value is -1.71. The summed E-state index contributed by atoms with van der Waals surface area (Å²) in [5, 5.41) is 0. The molecule has 0 aliphatic carbocycles. The molecule has 0 aliphatic rings. The Kier molecular flexibility index (Phi) is 8.32. The van der Waals surface area contributed by atoms with Crippen molar-refractivity contribution in [1.29, 1.82) is 0 Å². The first-order valence-electron chi connectivity index (χ1n) is 7.70. The SMILES string of the molecule is CCCCCCOC(=O)c1ccc(OC)c(OCCC)c1. The molecule has 21 heavy (non-hydrogen) atoms. The van der Waals surface area contributed by atoms with Crippen LogP contribution < -0.4 is 9.47 Å². The van der Waals surface area contributed by atoms with E-state index in [1.54, 1.807) is 25.3 Å². The molecule has 0 saturated heterocycles. The summed E-state index contributed by atoms with van der Waals surface area (Å²) in [7, 11) is 1.58. The molecule has 0 atom stereocenters. The topological polar surface area (TPSA) is 44.8 Å². The molecule has 0 heterocycles. The van der Waals surface area contributed by atoms with E-state index in [0.29, 0.717) is 30.3 Å². The quantitative estimate of drug-likeness (QED) is 0.479. The molecule has 0 saturated carbocycles. The van der Waals surface area contributed by atoms with Gasteiger partial charge in [-0.05, 0) is 31.0 Å². The number of carbonyl (C=O) groups excluding carboxylic acids is 1. The molecule has 4 heteroatoms. The summed E-state index contributed by atoms with van der Waals surface area (Å²) in [4.78, 5) is 12.0. The van der Waals surface area contributed by atoms with E-state index in [2.05, 4.69) is 6.92 Å². The zero-order chi connectivity index (χ0) is 15.5. The van der Waals surface area contributed by atoms with Crippen molar-refractivity contribution in [3.05, 3.63) is 23.8 Å². The summed E-state index contributed by atoms with van der Waals surface area (Å²) < 4.78 is 16.1. The maximum Gasteiger partial charge on any atom is 0.338 e. The van der Waals surface area contributed by atoms with E-state index < -0.39 is 0 Å². The second kappa shape index (κ2) is 10.1. The van der Waals surface area contributed by atoms with Crippen molar-refractivity contribution >= 4 is 5.97 Å². The Morgan fingerprint density at radius 2 is 1.81 bits per heavy atom. The second-order valence-electron chi connectivity index (χ2n) is 4.91. The Morgan fingerprint density at radius 1 is 1.00 bits per heavy atom. The lowest BCUT2D eigenvalue weighted by Gasteiger charge is -2.11. The van der Waals surface area contributed by atoms with Crippen LogP contribution in [0.4, 0.5) is 0 Å². The predicted octanol–water partition coefficient (Wildman–Crippen LogP) is 4.22. The number of carbonyl (C=O) groups is 1. The average Bonchev–Trinajstić information content (AvgIpc) is 2.52. The van der Waals surface area contributed by atoms with Crippen LogP contribution in [0.15, 0.2) is 18.2 Å². The highest BCUT2D eigenvalue weighted by atomic mass is 16.5. The third-order valence-corrected chi connectivity index (χ3v) is 3.09. The molecule has 1 rings (SSSR count). The standard InChI is InChI=1S/C17H26O4/c1-4-6-7-8-12-21-17(18)14-9-10-15(19-3)16(13-14)20-11-5-2/h9-10,13H,4-8,11-12H2,1-3H3. The smallest absolute Gasteiger partial charge is 0.338 e. The van der Waals surface area contributed by atoms with E-state index in [-0.39, 0.29) is 5.97 Å². The van der Waals surface area contributed by atoms with Gasteiger partial charge in [0.25, 0.3) is 0 Å². The normalized spacial score (nSPS) is 10.2. The molecule has 4 nitrogen and oxygen atoms in total. The Bertz CT molecular complexity index is 429. The van der Waals surface area contributed by atoms with E-state index >= 15 is 0 Å². The zero-order valence-corrected chi connectivity index (χ0v) is 13.3. The predicted molar refractivity (Wildman–Crippen MR) is 83.2 cm³/mol. The van der Waals surface area contributed by atoms with Gasteiger partial charge in [-0.1, -0.05) is 33.1 Å². The van der Waals surface area contributed by atoms with Gasteiger partial charge in [0.2, 0.25) is 0 Å². The molecule has 1 aromatic carbocycles. The van der Waals surface area contributed by atoms with Crippen molar-refractivity contribution in [2.24, 2.45) is 0 Å². The first-order chi connectivity index (χ1) is 10.2. The molecule has 0 aromatic heterocycles. The van der Waals surface area contributed by atoms with Crippen molar-refractivity contribution in [3.63, 3.8) is 0 Å². The first-order valence-corrected chi connectivity index (χ1v) is 7.70. The third-order valence-electron chi connectivity index (χ3n) is 3.09. The highest BCUT2D eigenvalue weighted by Crippen LogP contribution is 2.28. The fourth-order valence-electron chi connectivity index (χ4n) is 1.91. The first kappa shape index (κ1) is 17.3. The van der Waals surface area contributed by atoms with Crippen molar-refractivity contribution in [3.8, 4) is 11.5 Å². The summed E-state index contributed by atoms with van der Waals surface area (Å²) in [5.74, 6) is 0.901. The molecular formula is C17H26O4. The maximum atomic E-state index is 12.0. The van der Waals surface area contributed by atoms with Crippen LogP contribution in [0.3, 0.4) is 0 Å². The van der Waals surface area contributed by atoms with Crippen LogP contribution in [0.2, 0.25) is 0 Å². The number of hydrogen-bond donors (Lipinski definition) is 0. The highest BCUT2D eigenvalue weighted by molar-refractivity contribution is 5.90. The van der Waals surface area contributed by atoms with Crippen LogP contribution >= 0.6 is 0 Å². The van der Waals surface area contributed by atoms with Gasteiger partial charge in [0.1, 0.15) is 0 Å². The van der Waals surface area contributed by atoms with E-state index in [1.165, 1.54) is 12.8 Å². The number of esters is 1. The molecule has 0 fully saturated rings. The largest absolute Gasteiger partial charge is 0.493 e. The van der Waals surface area contributed by atoms with Gasteiger partial charge in [-0.15, -0.1) is 0 Å². The fraction of sp³-hybridized carbons (Fsp3) is 0.588. The van der Waals surface area contributed by atoms with Crippen LogP contribution in [0.5, 0.6) is 11.5 Å². The minimum absolute atomic E-state index is 0.310. The Labute approximate surface area is 127 Å². The van der Waals surface area contributed by atoms with E-state index in [0.717, 1.165) is 19.3 Å². The molecule has 0 amide bonds. The molecule has 1 aromatic rings. The van der Waals surface area contributed by atoms with Gasteiger partial charge in [-0.3, -0.25) is 0 Å². The van der Waals surface area contributed by atoms with Gasteiger partial charge in [0.15, 0.2) is 11.5 Å². The number of unbranched alkanes of at least 4 members (excludes halogenated alkanes) is 3. The monoisotopic (exact) mass is 294 g/mol. The number of ether oxygens (including phenoxy) is 3. The summed E-state index contributed by atoms with van der Waals surface area (Å²) in [6, 6.07) is 5.12. The summed E-state index contributed by atoms with van der Waals surface area (Å²) in [6.45, 7) is 5.24. The van der Waals surface area contributed by atoms with Crippen LogP contribution in [0, 0.1) is 0 Å². The fourth-order valence-corrected chi connectivity index (χ4v) is 1.91. The van der Waals surface area contributed by atoms with Crippen molar-refractivity contribution < 1.29 is 19.0 Å². The molecule has 0 spiro atoms. The van der Waals surface area contributed by atoms with Crippen LogP contribution in [0.1, 0.15) is 56.3 Å². The van der Waals surface area contributed by atoms with E-state index in [1.807, 2.05) is 6.92 Å². The van der Waals surface area contributed by atoms with Gasteiger partial charge >= 0.3 is 5.97 Å². The molecule has 0 bridgehead atoms.